The van der Waals surface area contributed by atoms with E-state index in [9.17, 15) is 9.59 Å². The number of hydrogen-bond donors (Lipinski definition) is 3. The van der Waals surface area contributed by atoms with Crippen molar-refractivity contribution in [1.29, 1.82) is 0 Å². The third-order valence-corrected chi connectivity index (χ3v) is 3.67. The average Bonchev–Trinajstić information content (AvgIpc) is 3.23. The Bertz CT molecular complexity index is 1080. The molecule has 0 aliphatic rings. The molecule has 0 atom stereocenters. The van der Waals surface area contributed by atoms with Crippen LogP contribution in [0.1, 0.15) is 10.4 Å². The van der Waals surface area contributed by atoms with Crippen molar-refractivity contribution in [2.24, 2.45) is 0 Å². The van der Waals surface area contributed by atoms with Crippen molar-refractivity contribution in [3.63, 3.8) is 0 Å². The van der Waals surface area contributed by atoms with E-state index in [4.69, 9.17) is 0 Å². The summed E-state index contributed by atoms with van der Waals surface area (Å²) in [6.07, 6.45) is 3.44. The van der Waals surface area contributed by atoms with E-state index >= 15 is 0 Å². The molecule has 2 aromatic heterocycles. The van der Waals surface area contributed by atoms with Crippen LogP contribution in [0.25, 0.3) is 16.7 Å². The lowest BCUT2D eigenvalue weighted by atomic mass is 10.1. The molecular weight excluding hydrogens is 306 g/mol. The number of benzene rings is 2. The van der Waals surface area contributed by atoms with E-state index in [0.717, 1.165) is 0 Å². The van der Waals surface area contributed by atoms with Gasteiger partial charge in [0.2, 0.25) is 0 Å². The number of carbonyl (C=O) groups excluding carboxylic acids is 1. The number of H-pyrrole nitrogens is 2. The molecule has 4 aromatic rings. The average molecular weight is 319 g/mol. The van der Waals surface area contributed by atoms with Crippen molar-refractivity contribution in [3.05, 3.63) is 77.0 Å². The molecular formula is C17H13N5O2. The summed E-state index contributed by atoms with van der Waals surface area (Å²) >= 11 is 0. The minimum Gasteiger partial charge on any atom is -0.322 e. The molecule has 0 radical (unpaired) electrons. The van der Waals surface area contributed by atoms with Crippen LogP contribution in [0.15, 0.2) is 65.7 Å². The van der Waals surface area contributed by atoms with Crippen molar-refractivity contribution in [1.82, 2.24) is 19.7 Å². The lowest BCUT2D eigenvalue weighted by Gasteiger charge is -2.10. The summed E-state index contributed by atoms with van der Waals surface area (Å²) in [6.45, 7) is 0. The molecule has 7 heteroatoms. The van der Waals surface area contributed by atoms with Gasteiger partial charge in [0.05, 0.1) is 22.3 Å². The van der Waals surface area contributed by atoms with Gasteiger partial charge in [0.1, 0.15) is 0 Å². The van der Waals surface area contributed by atoms with Gasteiger partial charge in [0, 0.05) is 18.1 Å². The summed E-state index contributed by atoms with van der Waals surface area (Å²) in [7, 11) is 0. The molecule has 0 unspecified atom stereocenters. The van der Waals surface area contributed by atoms with E-state index in [-0.39, 0.29) is 11.6 Å². The van der Waals surface area contributed by atoms with E-state index < -0.39 is 0 Å². The zero-order chi connectivity index (χ0) is 16.5. The van der Waals surface area contributed by atoms with Gasteiger partial charge in [-0.3, -0.25) is 4.79 Å². The second-order valence-electron chi connectivity index (χ2n) is 5.26. The molecule has 0 fully saturated rings. The minimum absolute atomic E-state index is 0.252. The smallest absolute Gasteiger partial charge is 0.322 e. The number of aromatic nitrogens is 4. The van der Waals surface area contributed by atoms with Gasteiger partial charge >= 0.3 is 5.69 Å². The zero-order valence-electron chi connectivity index (χ0n) is 12.5. The quantitative estimate of drug-likeness (QED) is 0.540. The SMILES string of the molecule is O=C(Nc1ccc2[nH]c(=O)[nH]c2c1)c1ccccc1-n1cccn1. The van der Waals surface area contributed by atoms with Crippen molar-refractivity contribution < 1.29 is 4.79 Å². The van der Waals surface area contributed by atoms with Crippen LogP contribution >= 0.6 is 0 Å². The van der Waals surface area contributed by atoms with Crippen LogP contribution in [0.2, 0.25) is 0 Å². The van der Waals surface area contributed by atoms with Gasteiger partial charge in [0.25, 0.3) is 5.91 Å². The van der Waals surface area contributed by atoms with Gasteiger partial charge in [0.15, 0.2) is 0 Å². The number of hydrogen-bond acceptors (Lipinski definition) is 3. The number of rotatable bonds is 3. The van der Waals surface area contributed by atoms with Gasteiger partial charge in [-0.2, -0.15) is 5.10 Å². The maximum absolute atomic E-state index is 12.6. The second-order valence-corrected chi connectivity index (χ2v) is 5.26. The molecule has 118 valence electrons. The van der Waals surface area contributed by atoms with E-state index in [1.807, 2.05) is 12.1 Å². The first kappa shape index (κ1) is 14.0. The summed E-state index contributed by atoms with van der Waals surface area (Å²) in [4.78, 5) is 29.3. The number of para-hydroxylation sites is 1. The van der Waals surface area contributed by atoms with Crippen LogP contribution in [-0.2, 0) is 0 Å². The first-order valence-electron chi connectivity index (χ1n) is 7.33. The fraction of sp³-hybridized carbons (Fsp3) is 0. The van der Waals surface area contributed by atoms with E-state index in [2.05, 4.69) is 20.4 Å². The Labute approximate surface area is 136 Å². The normalized spacial score (nSPS) is 10.8. The highest BCUT2D eigenvalue weighted by Crippen LogP contribution is 2.18. The number of amides is 1. The highest BCUT2D eigenvalue weighted by Gasteiger charge is 2.13. The highest BCUT2D eigenvalue weighted by molar-refractivity contribution is 6.07. The Balaban J connectivity index is 1.67. The first-order chi connectivity index (χ1) is 11.7. The number of fused-ring (bicyclic) bond motifs is 1. The number of nitrogens with one attached hydrogen (secondary N) is 3. The van der Waals surface area contributed by atoms with Gasteiger partial charge in [-0.15, -0.1) is 0 Å². The fourth-order valence-corrected chi connectivity index (χ4v) is 2.59. The van der Waals surface area contributed by atoms with E-state index in [0.29, 0.717) is 28.0 Å². The van der Waals surface area contributed by atoms with Gasteiger partial charge in [-0.05, 0) is 36.4 Å². The molecule has 1 amide bonds. The third kappa shape index (κ3) is 2.48. The Kier molecular flexibility index (Phi) is 3.24. The topological polar surface area (TPSA) is 95.6 Å². The number of aromatic amines is 2. The second kappa shape index (κ2) is 5.54. The molecule has 7 nitrogen and oxygen atoms in total. The molecule has 2 aromatic carbocycles. The van der Waals surface area contributed by atoms with Crippen molar-refractivity contribution in [2.75, 3.05) is 5.32 Å². The molecule has 0 spiro atoms. The van der Waals surface area contributed by atoms with Gasteiger partial charge in [-0.1, -0.05) is 12.1 Å². The molecule has 0 aliphatic heterocycles. The van der Waals surface area contributed by atoms with Crippen LogP contribution in [-0.4, -0.2) is 25.7 Å². The molecule has 24 heavy (non-hydrogen) atoms. The van der Waals surface area contributed by atoms with Gasteiger partial charge in [-0.25, -0.2) is 9.48 Å². The molecule has 0 saturated heterocycles. The minimum atomic E-state index is -0.280. The monoisotopic (exact) mass is 319 g/mol. The van der Waals surface area contributed by atoms with Crippen molar-refractivity contribution in [3.8, 4) is 5.69 Å². The van der Waals surface area contributed by atoms with Gasteiger partial charge < -0.3 is 15.3 Å². The first-order valence-corrected chi connectivity index (χ1v) is 7.33. The summed E-state index contributed by atoms with van der Waals surface area (Å²) < 4.78 is 1.64. The molecule has 4 rings (SSSR count). The summed E-state index contributed by atoms with van der Waals surface area (Å²) in [5.41, 5.74) is 2.84. The van der Waals surface area contributed by atoms with Crippen molar-refractivity contribution in [2.45, 2.75) is 0 Å². The number of imidazole rings is 1. The summed E-state index contributed by atoms with van der Waals surface area (Å²) in [5.74, 6) is -0.252. The number of anilines is 1. The Morgan fingerprint density at radius 1 is 1.04 bits per heavy atom. The molecule has 0 bridgehead atoms. The number of carbonyl (C=O) groups is 1. The van der Waals surface area contributed by atoms with E-state index in [1.54, 1.807) is 53.5 Å². The predicted molar refractivity (Wildman–Crippen MR) is 90.4 cm³/mol. The number of nitrogens with zero attached hydrogens (tertiary/aromatic N) is 2. The highest BCUT2D eigenvalue weighted by atomic mass is 16.2. The molecule has 2 heterocycles. The molecule has 0 aliphatic carbocycles. The van der Waals surface area contributed by atoms with Crippen LogP contribution < -0.4 is 11.0 Å². The largest absolute Gasteiger partial charge is 0.323 e. The molecule has 0 saturated carbocycles. The van der Waals surface area contributed by atoms with Crippen LogP contribution in [0.3, 0.4) is 0 Å². The van der Waals surface area contributed by atoms with Crippen LogP contribution in [0.5, 0.6) is 0 Å². The Morgan fingerprint density at radius 2 is 1.88 bits per heavy atom. The maximum Gasteiger partial charge on any atom is 0.323 e. The lowest BCUT2D eigenvalue weighted by molar-refractivity contribution is 0.102. The standard InChI is InChI=1S/C17H13N5O2/c23-16(12-4-1-2-5-15(12)22-9-3-8-18-22)19-11-6-7-13-14(10-11)21-17(24)20-13/h1-10H,(H,19,23)(H2,20,21,24). The maximum atomic E-state index is 12.6. The van der Waals surface area contributed by atoms with Crippen molar-refractivity contribution >= 4 is 22.6 Å². The Hall–Kier alpha value is -3.61. The van der Waals surface area contributed by atoms with Crippen LogP contribution in [0, 0.1) is 0 Å². The van der Waals surface area contributed by atoms with Crippen LogP contribution in [0.4, 0.5) is 5.69 Å². The lowest BCUT2D eigenvalue weighted by Crippen LogP contribution is -2.15. The predicted octanol–water partition coefficient (Wildman–Crippen LogP) is 2.29. The fourth-order valence-electron chi connectivity index (χ4n) is 2.59. The molecule has 3 N–H and O–H groups in total. The third-order valence-electron chi connectivity index (χ3n) is 3.67. The Morgan fingerprint density at radius 3 is 2.71 bits per heavy atom. The summed E-state index contributed by atoms with van der Waals surface area (Å²) in [6, 6.07) is 14.2. The summed E-state index contributed by atoms with van der Waals surface area (Å²) in [5, 5.41) is 7.02. The zero-order valence-corrected chi connectivity index (χ0v) is 12.5. The van der Waals surface area contributed by atoms with E-state index in [1.165, 1.54) is 0 Å².